The molecule has 0 radical (unpaired) electrons. The van der Waals surface area contributed by atoms with Gasteiger partial charge in [-0.1, -0.05) is 26.2 Å². The van der Waals surface area contributed by atoms with Crippen LogP contribution in [0.4, 0.5) is 4.79 Å². The molecule has 80 valence electrons. The number of hydrogen-bond acceptors (Lipinski definition) is 2. The average molecular weight is 214 g/mol. The maximum absolute atomic E-state index is 11.1. The third-order valence-corrected chi connectivity index (χ3v) is 4.54. The maximum Gasteiger partial charge on any atom is 0.315 e. The van der Waals surface area contributed by atoms with E-state index in [-0.39, 0.29) is 6.03 Å². The minimum Gasteiger partial charge on any atom is -0.332 e. The molecule has 0 aromatic rings. The predicted molar refractivity (Wildman–Crippen MR) is 59.6 cm³/mol. The van der Waals surface area contributed by atoms with Crippen molar-refractivity contribution in [3.63, 3.8) is 0 Å². The quantitative estimate of drug-likeness (QED) is 0.553. The first-order chi connectivity index (χ1) is 6.81. The molecule has 14 heavy (non-hydrogen) atoms. The Bertz CT molecular complexity index is 222. The van der Waals surface area contributed by atoms with Crippen LogP contribution in [0.15, 0.2) is 0 Å². The second-order valence-electron chi connectivity index (χ2n) is 4.12. The Morgan fingerprint density at radius 2 is 2.29 bits per heavy atom. The Labute approximate surface area is 89.4 Å². The van der Waals surface area contributed by atoms with Gasteiger partial charge < -0.3 is 10.6 Å². The molecule has 3 nitrogen and oxygen atoms in total. The first-order valence-corrected chi connectivity index (χ1v) is 6.54. The normalized spacial score (nSPS) is 35.2. The van der Waals surface area contributed by atoms with E-state index in [0.717, 1.165) is 5.75 Å². The van der Waals surface area contributed by atoms with Gasteiger partial charge in [-0.2, -0.15) is 11.8 Å². The predicted octanol–water partition coefficient (Wildman–Crippen LogP) is 1.73. The molecule has 4 heteroatoms. The van der Waals surface area contributed by atoms with Gasteiger partial charge in [0.15, 0.2) is 0 Å². The van der Waals surface area contributed by atoms with E-state index in [1.165, 1.54) is 25.7 Å². The van der Waals surface area contributed by atoms with E-state index < -0.39 is 0 Å². The van der Waals surface area contributed by atoms with E-state index in [1.54, 1.807) is 0 Å². The third kappa shape index (κ3) is 2.00. The van der Waals surface area contributed by atoms with Crippen molar-refractivity contribution in [2.24, 2.45) is 0 Å². The standard InChI is InChI=1S/C10H18N2OS/c1-2-3-4-5-8-9-7(6-14-8)11-10(13)12-9/h7-9H,2-6H2,1H3,(H2,11,12,13)/t7?,8?,9-/m0/s1. The van der Waals surface area contributed by atoms with Crippen LogP contribution in [0.3, 0.4) is 0 Å². The first kappa shape index (κ1) is 10.1. The molecule has 2 aliphatic rings. The van der Waals surface area contributed by atoms with Crippen molar-refractivity contribution in [3.8, 4) is 0 Å². The van der Waals surface area contributed by atoms with Crippen molar-refractivity contribution >= 4 is 17.8 Å². The van der Waals surface area contributed by atoms with Crippen molar-refractivity contribution in [1.29, 1.82) is 0 Å². The van der Waals surface area contributed by atoms with Crippen LogP contribution in [-0.4, -0.2) is 29.1 Å². The van der Waals surface area contributed by atoms with E-state index in [2.05, 4.69) is 17.6 Å². The molecule has 0 aromatic heterocycles. The van der Waals surface area contributed by atoms with Crippen molar-refractivity contribution in [3.05, 3.63) is 0 Å². The molecule has 2 aliphatic heterocycles. The molecule has 2 heterocycles. The zero-order chi connectivity index (χ0) is 9.97. The monoisotopic (exact) mass is 214 g/mol. The molecule has 2 N–H and O–H groups in total. The van der Waals surface area contributed by atoms with E-state index in [1.807, 2.05) is 11.8 Å². The van der Waals surface area contributed by atoms with Crippen LogP contribution in [-0.2, 0) is 0 Å². The molecule has 3 atom stereocenters. The molecule has 0 saturated carbocycles. The fourth-order valence-electron chi connectivity index (χ4n) is 2.24. The molecule has 2 unspecified atom stereocenters. The molecule has 0 aromatic carbocycles. The zero-order valence-corrected chi connectivity index (χ0v) is 9.40. The minimum atomic E-state index is 0.0285. The number of rotatable bonds is 4. The Morgan fingerprint density at radius 1 is 1.43 bits per heavy atom. The number of fused-ring (bicyclic) bond motifs is 1. The van der Waals surface area contributed by atoms with Gasteiger partial charge in [-0.05, 0) is 6.42 Å². The fourth-order valence-corrected chi connectivity index (χ4v) is 3.78. The summed E-state index contributed by atoms with van der Waals surface area (Å²) >= 11 is 2.01. The van der Waals surface area contributed by atoms with Gasteiger partial charge in [0.05, 0.1) is 12.1 Å². The van der Waals surface area contributed by atoms with Crippen LogP contribution in [0.25, 0.3) is 0 Å². The summed E-state index contributed by atoms with van der Waals surface area (Å²) in [5.41, 5.74) is 0. The van der Waals surface area contributed by atoms with Crippen LogP contribution in [0.2, 0.25) is 0 Å². The summed E-state index contributed by atoms with van der Waals surface area (Å²) in [6.07, 6.45) is 5.14. The summed E-state index contributed by atoms with van der Waals surface area (Å²) in [5.74, 6) is 1.08. The summed E-state index contributed by atoms with van der Waals surface area (Å²) in [4.78, 5) is 11.1. The summed E-state index contributed by atoms with van der Waals surface area (Å²) < 4.78 is 0. The topological polar surface area (TPSA) is 41.1 Å². The number of unbranched alkanes of at least 4 members (excludes halogenated alkanes) is 2. The van der Waals surface area contributed by atoms with Gasteiger partial charge in [-0.15, -0.1) is 0 Å². The molecular weight excluding hydrogens is 196 g/mol. The molecule has 0 spiro atoms. The van der Waals surface area contributed by atoms with Gasteiger partial charge in [0, 0.05) is 11.0 Å². The second kappa shape index (κ2) is 4.43. The van der Waals surface area contributed by atoms with Crippen LogP contribution < -0.4 is 10.6 Å². The van der Waals surface area contributed by atoms with Crippen LogP contribution >= 0.6 is 11.8 Å². The Kier molecular flexibility index (Phi) is 3.21. The maximum atomic E-state index is 11.1. The van der Waals surface area contributed by atoms with E-state index in [0.29, 0.717) is 17.3 Å². The Hall–Kier alpha value is -0.380. The number of carbonyl (C=O) groups excluding carboxylic acids is 1. The number of nitrogens with one attached hydrogen (secondary N) is 2. The molecule has 0 aliphatic carbocycles. The smallest absolute Gasteiger partial charge is 0.315 e. The van der Waals surface area contributed by atoms with Crippen LogP contribution in [0, 0.1) is 0 Å². The van der Waals surface area contributed by atoms with Gasteiger partial charge in [-0.25, -0.2) is 4.79 Å². The molecule has 2 amide bonds. The fraction of sp³-hybridized carbons (Fsp3) is 0.900. The summed E-state index contributed by atoms with van der Waals surface area (Å²) in [6, 6.07) is 0.810. The van der Waals surface area contributed by atoms with Crippen molar-refractivity contribution in [1.82, 2.24) is 10.6 Å². The molecular formula is C10H18N2OS. The first-order valence-electron chi connectivity index (χ1n) is 5.50. The highest BCUT2D eigenvalue weighted by molar-refractivity contribution is 8.00. The number of thioether (sulfide) groups is 1. The SMILES string of the molecule is CCCCCC1SCC2NC(=O)N[C@@H]21. The highest BCUT2D eigenvalue weighted by Gasteiger charge is 2.42. The molecule has 2 fully saturated rings. The Balaban J connectivity index is 1.80. The van der Waals surface area contributed by atoms with Crippen LogP contribution in [0.5, 0.6) is 0 Å². The summed E-state index contributed by atoms with van der Waals surface area (Å²) in [7, 11) is 0. The highest BCUT2D eigenvalue weighted by Crippen LogP contribution is 2.33. The highest BCUT2D eigenvalue weighted by atomic mass is 32.2. The number of carbonyl (C=O) groups is 1. The number of urea groups is 1. The lowest BCUT2D eigenvalue weighted by molar-refractivity contribution is 0.247. The van der Waals surface area contributed by atoms with Gasteiger partial charge in [0.25, 0.3) is 0 Å². The van der Waals surface area contributed by atoms with E-state index in [4.69, 9.17) is 0 Å². The number of hydrogen-bond donors (Lipinski definition) is 2. The molecule has 2 saturated heterocycles. The molecule has 0 bridgehead atoms. The lowest BCUT2D eigenvalue weighted by Gasteiger charge is -2.16. The van der Waals surface area contributed by atoms with Crippen molar-refractivity contribution in [2.45, 2.75) is 49.9 Å². The number of amides is 2. The van der Waals surface area contributed by atoms with E-state index in [9.17, 15) is 4.79 Å². The minimum absolute atomic E-state index is 0.0285. The third-order valence-electron chi connectivity index (χ3n) is 3.03. The lowest BCUT2D eigenvalue weighted by atomic mass is 10.0. The van der Waals surface area contributed by atoms with Crippen molar-refractivity contribution < 1.29 is 4.79 Å². The second-order valence-corrected chi connectivity index (χ2v) is 5.39. The molecule has 2 rings (SSSR count). The lowest BCUT2D eigenvalue weighted by Crippen LogP contribution is -2.36. The van der Waals surface area contributed by atoms with Gasteiger partial charge in [-0.3, -0.25) is 0 Å². The van der Waals surface area contributed by atoms with Gasteiger partial charge >= 0.3 is 6.03 Å². The van der Waals surface area contributed by atoms with Crippen LogP contribution in [0.1, 0.15) is 32.6 Å². The van der Waals surface area contributed by atoms with Gasteiger partial charge in [0.2, 0.25) is 0 Å². The van der Waals surface area contributed by atoms with Gasteiger partial charge in [0.1, 0.15) is 0 Å². The average Bonchev–Trinajstić information content (AvgIpc) is 2.66. The Morgan fingerprint density at radius 3 is 3.07 bits per heavy atom. The summed E-state index contributed by atoms with van der Waals surface area (Å²) in [6.45, 7) is 2.23. The van der Waals surface area contributed by atoms with E-state index >= 15 is 0 Å². The summed E-state index contributed by atoms with van der Waals surface area (Å²) in [5, 5.41) is 6.63. The van der Waals surface area contributed by atoms with Crippen molar-refractivity contribution in [2.75, 3.05) is 5.75 Å². The largest absolute Gasteiger partial charge is 0.332 e. The zero-order valence-electron chi connectivity index (χ0n) is 8.58.